The van der Waals surface area contributed by atoms with Gasteiger partial charge in [-0.3, -0.25) is 4.57 Å². The normalized spacial score (nSPS) is 13.6. The van der Waals surface area contributed by atoms with Crippen LogP contribution >= 0.6 is 23.5 Å². The van der Waals surface area contributed by atoms with E-state index in [0.29, 0.717) is 19.4 Å². The van der Waals surface area contributed by atoms with Crippen LogP contribution in [-0.4, -0.2) is 24.7 Å². The predicted molar refractivity (Wildman–Crippen MR) is 133 cm³/mol. The van der Waals surface area contributed by atoms with Gasteiger partial charge in [0.1, 0.15) is 0 Å². The van der Waals surface area contributed by atoms with Crippen LogP contribution < -0.4 is 0 Å². The number of hydrogen-bond donors (Lipinski definition) is 0. The molecule has 176 valence electrons. The average molecular weight is 498 g/mol. The third-order valence-electron chi connectivity index (χ3n) is 5.39. The van der Waals surface area contributed by atoms with Crippen molar-refractivity contribution in [3.63, 3.8) is 0 Å². The number of unbranched alkanes of at least 4 members (excludes halogenated alkanes) is 15. The van der Waals surface area contributed by atoms with Gasteiger partial charge in [0, 0.05) is 5.33 Å². The van der Waals surface area contributed by atoms with Gasteiger partial charge < -0.3 is 9.05 Å². The Morgan fingerprint density at radius 2 is 0.931 bits per heavy atom. The zero-order chi connectivity index (χ0) is 21.5. The zero-order valence-electron chi connectivity index (χ0n) is 19.6. The SMILES string of the molecule is CCCCCCCCCP(=O)(OCCCCCCCC)OCCCCCCCBr. The molecule has 0 rings (SSSR count). The summed E-state index contributed by atoms with van der Waals surface area (Å²) in [5.41, 5.74) is 0. The minimum absolute atomic E-state index is 0.582. The quantitative estimate of drug-likeness (QED) is 0.0756. The number of halogens is 1. The molecule has 3 nitrogen and oxygen atoms in total. The Balaban J connectivity index is 4.05. The minimum atomic E-state index is -2.91. The summed E-state index contributed by atoms with van der Waals surface area (Å²) in [7, 11) is -2.91. The fraction of sp³-hybridized carbons (Fsp3) is 1.00. The summed E-state index contributed by atoms with van der Waals surface area (Å²) in [5, 5.41) is 1.09. The van der Waals surface area contributed by atoms with Gasteiger partial charge in [-0.25, -0.2) is 0 Å². The zero-order valence-corrected chi connectivity index (χ0v) is 22.1. The van der Waals surface area contributed by atoms with Crippen LogP contribution in [-0.2, 0) is 13.6 Å². The van der Waals surface area contributed by atoms with Crippen molar-refractivity contribution in [2.24, 2.45) is 0 Å². The second-order valence-corrected chi connectivity index (χ2v) is 11.3. The summed E-state index contributed by atoms with van der Waals surface area (Å²) in [5.74, 6) is 0. The highest BCUT2D eigenvalue weighted by Crippen LogP contribution is 2.49. The highest BCUT2D eigenvalue weighted by Gasteiger charge is 2.23. The van der Waals surface area contributed by atoms with Crippen molar-refractivity contribution in [3.8, 4) is 0 Å². The largest absolute Gasteiger partial charge is 0.330 e. The summed E-state index contributed by atoms with van der Waals surface area (Å²) in [6.45, 7) is 5.66. The predicted octanol–water partition coefficient (Wildman–Crippen LogP) is 9.67. The maximum absolute atomic E-state index is 13.2. The maximum atomic E-state index is 13.2. The Labute approximate surface area is 191 Å². The maximum Gasteiger partial charge on any atom is 0.330 e. The minimum Gasteiger partial charge on any atom is -0.309 e. The molecule has 29 heavy (non-hydrogen) atoms. The summed E-state index contributed by atoms with van der Waals surface area (Å²) in [6.07, 6.45) is 22.4. The van der Waals surface area contributed by atoms with Gasteiger partial charge in [0.05, 0.1) is 19.4 Å². The average Bonchev–Trinajstić information content (AvgIpc) is 2.72. The monoisotopic (exact) mass is 496 g/mol. The lowest BCUT2D eigenvalue weighted by Crippen LogP contribution is -2.04. The topological polar surface area (TPSA) is 35.5 Å². The van der Waals surface area contributed by atoms with Gasteiger partial charge in [-0.1, -0.05) is 120 Å². The van der Waals surface area contributed by atoms with E-state index >= 15 is 0 Å². The smallest absolute Gasteiger partial charge is 0.309 e. The lowest BCUT2D eigenvalue weighted by atomic mass is 10.1. The molecule has 0 radical (unpaired) electrons. The molecule has 0 bridgehead atoms. The Morgan fingerprint density at radius 1 is 0.552 bits per heavy atom. The van der Waals surface area contributed by atoms with Gasteiger partial charge in [-0.15, -0.1) is 0 Å². The van der Waals surface area contributed by atoms with Crippen molar-refractivity contribution in [1.82, 2.24) is 0 Å². The third kappa shape index (κ3) is 21.6. The van der Waals surface area contributed by atoms with Crippen molar-refractivity contribution in [2.45, 2.75) is 129 Å². The van der Waals surface area contributed by atoms with Gasteiger partial charge in [0.2, 0.25) is 0 Å². The van der Waals surface area contributed by atoms with E-state index in [-0.39, 0.29) is 0 Å². The molecular formula is C24H50BrO3P. The summed E-state index contributed by atoms with van der Waals surface area (Å²) >= 11 is 3.47. The number of alkyl halides is 1. The molecule has 0 aliphatic carbocycles. The molecule has 0 fully saturated rings. The second kappa shape index (κ2) is 23.3. The first-order chi connectivity index (χ1) is 14.2. The van der Waals surface area contributed by atoms with Crippen molar-refractivity contribution < 1.29 is 13.6 Å². The standard InChI is InChI=1S/C24H50BrO3P/c1-3-5-7-9-11-16-20-24-29(26,27-22-18-14-10-8-6-4-2)28-23-19-15-12-13-17-21-25/h3-24H2,1-2H3. The Morgan fingerprint density at radius 3 is 1.38 bits per heavy atom. The fourth-order valence-electron chi connectivity index (χ4n) is 3.45. The number of hydrogen-bond acceptors (Lipinski definition) is 3. The van der Waals surface area contributed by atoms with E-state index in [0.717, 1.165) is 37.4 Å². The van der Waals surface area contributed by atoms with Gasteiger partial charge in [0.15, 0.2) is 0 Å². The van der Waals surface area contributed by atoms with Crippen molar-refractivity contribution in [2.75, 3.05) is 24.7 Å². The van der Waals surface area contributed by atoms with Gasteiger partial charge in [-0.2, -0.15) is 0 Å². The molecule has 0 saturated carbocycles. The molecule has 0 amide bonds. The van der Waals surface area contributed by atoms with E-state index in [4.69, 9.17) is 9.05 Å². The fourth-order valence-corrected chi connectivity index (χ4v) is 5.60. The molecule has 0 aromatic carbocycles. The second-order valence-electron chi connectivity index (χ2n) is 8.35. The van der Waals surface area contributed by atoms with E-state index in [1.54, 1.807) is 0 Å². The van der Waals surface area contributed by atoms with Crippen LogP contribution in [0.3, 0.4) is 0 Å². The van der Waals surface area contributed by atoms with E-state index < -0.39 is 7.60 Å². The molecule has 0 aliphatic heterocycles. The molecule has 5 heteroatoms. The first kappa shape index (κ1) is 29.6. The van der Waals surface area contributed by atoms with Crippen LogP contribution in [0.2, 0.25) is 0 Å². The first-order valence-corrected chi connectivity index (χ1v) is 15.5. The van der Waals surface area contributed by atoms with E-state index in [9.17, 15) is 4.57 Å². The summed E-state index contributed by atoms with van der Waals surface area (Å²) in [6, 6.07) is 0. The van der Waals surface area contributed by atoms with E-state index in [1.807, 2.05) is 0 Å². The molecule has 0 aliphatic rings. The highest BCUT2D eigenvalue weighted by atomic mass is 79.9. The third-order valence-corrected chi connectivity index (χ3v) is 7.96. The Kier molecular flexibility index (Phi) is 23.8. The summed E-state index contributed by atoms with van der Waals surface area (Å²) in [4.78, 5) is 0. The van der Waals surface area contributed by atoms with Crippen LogP contribution in [0.25, 0.3) is 0 Å². The first-order valence-electron chi connectivity index (χ1n) is 12.6. The van der Waals surface area contributed by atoms with Gasteiger partial charge >= 0.3 is 7.60 Å². The molecule has 1 unspecified atom stereocenters. The molecule has 0 N–H and O–H groups in total. The lowest BCUT2D eigenvalue weighted by Gasteiger charge is -2.19. The van der Waals surface area contributed by atoms with Crippen molar-refractivity contribution in [3.05, 3.63) is 0 Å². The molecule has 0 aromatic rings. The van der Waals surface area contributed by atoms with Crippen LogP contribution in [0.1, 0.15) is 129 Å². The van der Waals surface area contributed by atoms with E-state index in [1.165, 1.54) is 83.5 Å². The molecule has 1 atom stereocenters. The Hall–Kier alpha value is 0.630. The van der Waals surface area contributed by atoms with Crippen LogP contribution in [0.4, 0.5) is 0 Å². The lowest BCUT2D eigenvalue weighted by molar-refractivity contribution is 0.197. The van der Waals surface area contributed by atoms with Gasteiger partial charge in [0.25, 0.3) is 0 Å². The van der Waals surface area contributed by atoms with Crippen molar-refractivity contribution in [1.29, 1.82) is 0 Å². The van der Waals surface area contributed by atoms with Gasteiger partial charge in [-0.05, 0) is 25.7 Å². The molecule has 0 saturated heterocycles. The molecule has 0 spiro atoms. The number of rotatable bonds is 24. The van der Waals surface area contributed by atoms with E-state index in [2.05, 4.69) is 29.8 Å². The van der Waals surface area contributed by atoms with Crippen LogP contribution in [0, 0.1) is 0 Å². The summed E-state index contributed by atoms with van der Waals surface area (Å²) < 4.78 is 24.9. The molecule has 0 heterocycles. The van der Waals surface area contributed by atoms with Crippen LogP contribution in [0.5, 0.6) is 0 Å². The van der Waals surface area contributed by atoms with Crippen molar-refractivity contribution >= 4 is 23.5 Å². The van der Waals surface area contributed by atoms with Crippen LogP contribution in [0.15, 0.2) is 0 Å². The molecule has 0 aromatic heterocycles. The Bertz CT molecular complexity index is 314. The molecular weight excluding hydrogens is 447 g/mol. The highest BCUT2D eigenvalue weighted by molar-refractivity contribution is 9.09.